The number of nitrogens with zero attached hydrogens (tertiary/aromatic N) is 3. The van der Waals surface area contributed by atoms with E-state index in [4.69, 9.17) is 11.5 Å². The van der Waals surface area contributed by atoms with E-state index >= 15 is 0 Å². The Morgan fingerprint density at radius 3 is 2.81 bits per heavy atom. The van der Waals surface area contributed by atoms with E-state index in [0.717, 1.165) is 12.8 Å². The molecule has 82 valence electrons. The lowest BCUT2D eigenvalue weighted by Gasteiger charge is -2.21. The van der Waals surface area contributed by atoms with Crippen LogP contribution in [0, 0.1) is 12.3 Å². The summed E-state index contributed by atoms with van der Waals surface area (Å²) < 4.78 is 0. The summed E-state index contributed by atoms with van der Waals surface area (Å²) in [5.74, 6) is 1.81. The predicted octanol–water partition coefficient (Wildman–Crippen LogP) is 0.777. The van der Waals surface area contributed by atoms with Crippen molar-refractivity contribution in [2.75, 3.05) is 11.4 Å². The van der Waals surface area contributed by atoms with Gasteiger partial charge < -0.3 is 10.0 Å². The second-order valence-corrected chi connectivity index (χ2v) is 3.60. The van der Waals surface area contributed by atoms with Crippen LogP contribution in [0.4, 0.5) is 5.82 Å². The fourth-order valence-electron chi connectivity index (χ4n) is 1.55. The number of anilines is 1. The molecule has 0 aromatic carbocycles. The van der Waals surface area contributed by atoms with Crippen molar-refractivity contribution in [2.24, 2.45) is 0 Å². The van der Waals surface area contributed by atoms with Gasteiger partial charge in [0, 0.05) is 18.4 Å². The first-order chi connectivity index (χ1) is 7.74. The minimum absolute atomic E-state index is 0.0374. The molecule has 1 heterocycles. The Labute approximate surface area is 93.1 Å². The Kier molecular flexibility index (Phi) is 2.73. The molecule has 16 heavy (non-hydrogen) atoms. The van der Waals surface area contributed by atoms with Gasteiger partial charge in [-0.2, -0.15) is 0 Å². The molecule has 0 unspecified atom stereocenters. The molecule has 2 rings (SSSR count). The van der Waals surface area contributed by atoms with Gasteiger partial charge in [0.1, 0.15) is 0 Å². The van der Waals surface area contributed by atoms with Gasteiger partial charge >= 0.3 is 5.97 Å². The molecule has 1 saturated carbocycles. The zero-order valence-corrected chi connectivity index (χ0v) is 8.63. The molecule has 1 N–H and O–H groups in total. The van der Waals surface area contributed by atoms with E-state index in [-0.39, 0.29) is 5.69 Å². The van der Waals surface area contributed by atoms with Crippen LogP contribution in [-0.4, -0.2) is 33.6 Å². The van der Waals surface area contributed by atoms with E-state index in [2.05, 4.69) is 15.9 Å². The Balaban J connectivity index is 2.36. The number of hydrogen-bond donors (Lipinski definition) is 1. The highest BCUT2D eigenvalue weighted by Gasteiger charge is 2.32. The number of aromatic carboxylic acids is 1. The summed E-state index contributed by atoms with van der Waals surface area (Å²) in [5.41, 5.74) is -0.0374. The molecule has 0 radical (unpaired) electrons. The van der Waals surface area contributed by atoms with E-state index in [9.17, 15) is 4.79 Å². The summed E-state index contributed by atoms with van der Waals surface area (Å²) in [6, 6.07) is 0.311. The molecule has 0 aliphatic heterocycles. The molecule has 1 aliphatic carbocycles. The van der Waals surface area contributed by atoms with Crippen molar-refractivity contribution < 1.29 is 9.90 Å². The number of carboxylic acid groups (broad SMARTS) is 1. The van der Waals surface area contributed by atoms with Gasteiger partial charge in [0.2, 0.25) is 0 Å². The first-order valence-corrected chi connectivity index (χ1v) is 4.98. The molecule has 1 aliphatic rings. The van der Waals surface area contributed by atoms with Crippen LogP contribution in [0.5, 0.6) is 0 Å². The highest BCUT2D eigenvalue weighted by molar-refractivity contribution is 5.91. The van der Waals surface area contributed by atoms with Crippen LogP contribution in [0.25, 0.3) is 0 Å². The molecule has 1 fully saturated rings. The predicted molar refractivity (Wildman–Crippen MR) is 58.2 cm³/mol. The third-order valence-electron chi connectivity index (χ3n) is 2.40. The first-order valence-electron chi connectivity index (χ1n) is 4.98. The maximum atomic E-state index is 11.0. The Morgan fingerprint density at radius 1 is 1.56 bits per heavy atom. The van der Waals surface area contributed by atoms with E-state index in [1.807, 2.05) is 4.90 Å². The van der Waals surface area contributed by atoms with Crippen molar-refractivity contribution in [3.05, 3.63) is 18.1 Å². The van der Waals surface area contributed by atoms with Crippen molar-refractivity contribution in [1.29, 1.82) is 0 Å². The van der Waals surface area contributed by atoms with E-state index in [1.54, 1.807) is 0 Å². The number of hydrogen-bond acceptors (Lipinski definition) is 4. The van der Waals surface area contributed by atoms with Gasteiger partial charge in [-0.15, -0.1) is 6.42 Å². The SMILES string of the molecule is C#CCN(c1nccnc1C(=O)O)C1CC1. The normalized spacial score (nSPS) is 14.2. The maximum Gasteiger partial charge on any atom is 0.358 e. The van der Waals surface area contributed by atoms with Crippen molar-refractivity contribution in [2.45, 2.75) is 18.9 Å². The van der Waals surface area contributed by atoms with Crippen LogP contribution >= 0.6 is 0 Å². The van der Waals surface area contributed by atoms with Gasteiger partial charge in [-0.05, 0) is 12.8 Å². The van der Waals surface area contributed by atoms with Gasteiger partial charge in [0.25, 0.3) is 0 Å². The molecule has 0 atom stereocenters. The zero-order valence-electron chi connectivity index (χ0n) is 8.63. The Morgan fingerprint density at radius 2 is 2.25 bits per heavy atom. The second kappa shape index (κ2) is 4.19. The summed E-state index contributed by atoms with van der Waals surface area (Å²) in [4.78, 5) is 20.7. The average molecular weight is 217 g/mol. The second-order valence-electron chi connectivity index (χ2n) is 3.60. The largest absolute Gasteiger partial charge is 0.476 e. The summed E-state index contributed by atoms with van der Waals surface area (Å²) in [6.07, 6.45) is 10.2. The Hall–Kier alpha value is -2.09. The van der Waals surface area contributed by atoms with E-state index in [0.29, 0.717) is 18.4 Å². The number of aromatic nitrogens is 2. The first kappa shape index (κ1) is 10.4. The fraction of sp³-hybridized carbons (Fsp3) is 0.364. The molecular formula is C11H11N3O2. The van der Waals surface area contributed by atoms with Gasteiger partial charge in [-0.25, -0.2) is 14.8 Å². The van der Waals surface area contributed by atoms with Gasteiger partial charge in [-0.1, -0.05) is 5.92 Å². The maximum absolute atomic E-state index is 11.0. The summed E-state index contributed by atoms with van der Waals surface area (Å²) in [7, 11) is 0. The van der Waals surface area contributed by atoms with Crippen molar-refractivity contribution in [1.82, 2.24) is 9.97 Å². The highest BCUT2D eigenvalue weighted by atomic mass is 16.4. The molecule has 5 nitrogen and oxygen atoms in total. The van der Waals surface area contributed by atoms with Gasteiger partial charge in [0.15, 0.2) is 11.5 Å². The lowest BCUT2D eigenvalue weighted by Crippen LogP contribution is -2.29. The van der Waals surface area contributed by atoms with Crippen LogP contribution in [0.3, 0.4) is 0 Å². The summed E-state index contributed by atoms with van der Waals surface area (Å²) in [5, 5.41) is 9.00. The third kappa shape index (κ3) is 1.96. The monoisotopic (exact) mass is 217 g/mol. The van der Waals surface area contributed by atoms with Gasteiger partial charge in [0.05, 0.1) is 6.54 Å². The van der Waals surface area contributed by atoms with Gasteiger partial charge in [-0.3, -0.25) is 0 Å². The standard InChI is InChI=1S/C11H11N3O2/c1-2-7-14(8-3-4-8)10-9(11(15)16)12-5-6-13-10/h1,5-6,8H,3-4,7H2,(H,15,16). The lowest BCUT2D eigenvalue weighted by atomic mass is 10.3. The van der Waals surface area contributed by atoms with Crippen LogP contribution < -0.4 is 4.90 Å². The van der Waals surface area contributed by atoms with Crippen molar-refractivity contribution in [3.8, 4) is 12.3 Å². The van der Waals surface area contributed by atoms with Crippen LogP contribution in [0.1, 0.15) is 23.3 Å². The number of carbonyl (C=O) groups is 1. The summed E-state index contributed by atoms with van der Waals surface area (Å²) >= 11 is 0. The smallest absolute Gasteiger partial charge is 0.358 e. The number of terminal acetylenes is 1. The van der Waals surface area contributed by atoms with Crippen LogP contribution in [0.2, 0.25) is 0 Å². The zero-order chi connectivity index (χ0) is 11.5. The Bertz CT molecular complexity index is 449. The lowest BCUT2D eigenvalue weighted by molar-refractivity contribution is 0.0690. The summed E-state index contributed by atoms with van der Waals surface area (Å²) in [6.45, 7) is 0.365. The minimum atomic E-state index is -1.08. The highest BCUT2D eigenvalue weighted by Crippen LogP contribution is 2.31. The molecule has 1 aromatic rings. The molecule has 0 amide bonds. The molecule has 0 saturated heterocycles. The topological polar surface area (TPSA) is 66.3 Å². The molecule has 0 bridgehead atoms. The third-order valence-corrected chi connectivity index (χ3v) is 2.40. The average Bonchev–Trinajstić information content (AvgIpc) is 3.10. The van der Waals surface area contributed by atoms with Crippen molar-refractivity contribution >= 4 is 11.8 Å². The number of carboxylic acids is 1. The molecule has 1 aromatic heterocycles. The van der Waals surface area contributed by atoms with E-state index in [1.165, 1.54) is 12.4 Å². The molecular weight excluding hydrogens is 206 g/mol. The minimum Gasteiger partial charge on any atom is -0.476 e. The quantitative estimate of drug-likeness (QED) is 0.755. The fourth-order valence-corrected chi connectivity index (χ4v) is 1.55. The van der Waals surface area contributed by atoms with Crippen LogP contribution in [-0.2, 0) is 0 Å². The van der Waals surface area contributed by atoms with E-state index < -0.39 is 5.97 Å². The molecule has 5 heteroatoms. The van der Waals surface area contributed by atoms with Crippen molar-refractivity contribution in [3.63, 3.8) is 0 Å². The van der Waals surface area contributed by atoms with Crippen LogP contribution in [0.15, 0.2) is 12.4 Å². The molecule has 0 spiro atoms. The number of rotatable bonds is 4.